The van der Waals surface area contributed by atoms with Gasteiger partial charge in [0.2, 0.25) is 0 Å². The Labute approximate surface area is 232 Å². The number of benzene rings is 1. The fraction of sp³-hybridized carbons (Fsp3) is 0.414. The van der Waals surface area contributed by atoms with Crippen LogP contribution in [0.2, 0.25) is 0 Å². The zero-order valence-electron chi connectivity index (χ0n) is 22.6. The highest BCUT2D eigenvalue weighted by atomic mass is 16.5. The summed E-state index contributed by atoms with van der Waals surface area (Å²) >= 11 is 0. The summed E-state index contributed by atoms with van der Waals surface area (Å²) in [7, 11) is 0. The molecule has 2 N–H and O–H groups in total. The van der Waals surface area contributed by atoms with Crippen molar-refractivity contribution in [1.82, 2.24) is 24.7 Å². The summed E-state index contributed by atoms with van der Waals surface area (Å²) < 4.78 is 8.16. The molecule has 40 heavy (non-hydrogen) atoms. The van der Waals surface area contributed by atoms with Crippen LogP contribution in [0.5, 0.6) is 0 Å². The molecule has 2 unspecified atom stereocenters. The summed E-state index contributed by atoms with van der Waals surface area (Å²) in [5.74, 6) is 2.59. The number of carbonyl (C=O) groups excluding carboxylic acids is 1. The Morgan fingerprint density at radius 3 is 2.40 bits per heavy atom. The van der Waals surface area contributed by atoms with Gasteiger partial charge in [-0.3, -0.25) is 4.98 Å². The lowest BCUT2D eigenvalue weighted by Crippen LogP contribution is -2.43. The van der Waals surface area contributed by atoms with Crippen LogP contribution in [-0.2, 0) is 11.3 Å². The second-order valence-corrected chi connectivity index (χ2v) is 10.7. The summed E-state index contributed by atoms with van der Waals surface area (Å²) in [4.78, 5) is 31.5. The highest BCUT2D eigenvalue weighted by Crippen LogP contribution is 2.39. The van der Waals surface area contributed by atoms with Crippen molar-refractivity contribution >= 4 is 40.1 Å². The molecule has 3 saturated heterocycles. The average molecular weight is 540 g/mol. The lowest BCUT2D eigenvalue weighted by Gasteiger charge is -2.33. The van der Waals surface area contributed by atoms with Gasteiger partial charge in [-0.25, -0.2) is 19.4 Å². The van der Waals surface area contributed by atoms with E-state index in [1.807, 2.05) is 28.9 Å². The molecule has 3 aliphatic rings. The molecule has 1 aromatic carbocycles. The Morgan fingerprint density at radius 1 is 0.950 bits per heavy atom. The second kappa shape index (κ2) is 10.4. The zero-order chi connectivity index (χ0) is 27.1. The van der Waals surface area contributed by atoms with Gasteiger partial charge >= 0.3 is 6.03 Å². The number of hydrogen-bond donors (Lipinski definition) is 2. The monoisotopic (exact) mass is 539 g/mol. The quantitative estimate of drug-likeness (QED) is 0.368. The van der Waals surface area contributed by atoms with Crippen LogP contribution >= 0.6 is 0 Å². The van der Waals surface area contributed by atoms with Crippen molar-refractivity contribution in [2.45, 2.75) is 51.4 Å². The second-order valence-electron chi connectivity index (χ2n) is 10.7. The predicted molar refractivity (Wildman–Crippen MR) is 155 cm³/mol. The van der Waals surface area contributed by atoms with E-state index < -0.39 is 0 Å². The van der Waals surface area contributed by atoms with Gasteiger partial charge in [0.05, 0.1) is 24.1 Å². The van der Waals surface area contributed by atoms with Gasteiger partial charge in [0.25, 0.3) is 0 Å². The maximum Gasteiger partial charge on any atom is 0.323 e. The number of fused-ring (bicyclic) bond motifs is 3. The van der Waals surface area contributed by atoms with Gasteiger partial charge in [-0.05, 0) is 69.0 Å². The van der Waals surface area contributed by atoms with Crippen LogP contribution in [-0.4, -0.2) is 69.2 Å². The standard InChI is InChI=1S/C29H33N9O2/c1-2-38-27-24(28(35-38)36-14-3-4-15-36)26(37-17-22-11-12-23(18-37)40-22)33-25(34-27)19-7-9-20(10-8-19)31-29(39)32-21-6-5-13-30-16-21/h5-10,13,16,22-23H,2-4,11-12,14-15,17-18H2,1H3,(H2,31,32,39). The highest BCUT2D eigenvalue weighted by molar-refractivity contribution is 6.00. The van der Waals surface area contributed by atoms with Gasteiger partial charge in [-0.1, -0.05) is 0 Å². The van der Waals surface area contributed by atoms with Crippen molar-refractivity contribution in [3.05, 3.63) is 48.8 Å². The lowest BCUT2D eigenvalue weighted by atomic mass is 10.1. The molecule has 7 rings (SSSR count). The van der Waals surface area contributed by atoms with Crippen LogP contribution in [0, 0.1) is 0 Å². The average Bonchev–Trinajstić information content (AvgIpc) is 3.72. The summed E-state index contributed by atoms with van der Waals surface area (Å²) in [6, 6.07) is 10.9. The maximum absolute atomic E-state index is 12.4. The Morgan fingerprint density at radius 2 is 1.70 bits per heavy atom. The molecule has 2 atom stereocenters. The molecule has 11 heteroatoms. The first-order chi connectivity index (χ1) is 19.6. The Hall–Kier alpha value is -4.25. The smallest absolute Gasteiger partial charge is 0.323 e. The molecule has 11 nitrogen and oxygen atoms in total. The fourth-order valence-electron chi connectivity index (χ4n) is 5.99. The molecule has 0 saturated carbocycles. The van der Waals surface area contributed by atoms with E-state index in [9.17, 15) is 4.79 Å². The third kappa shape index (κ3) is 4.70. The van der Waals surface area contributed by atoms with E-state index >= 15 is 0 Å². The highest BCUT2D eigenvalue weighted by Gasteiger charge is 2.36. The number of hydrogen-bond acceptors (Lipinski definition) is 8. The fourth-order valence-corrected chi connectivity index (χ4v) is 5.99. The van der Waals surface area contributed by atoms with Crippen LogP contribution in [0.1, 0.15) is 32.6 Å². The Kier molecular flexibility index (Phi) is 6.43. The van der Waals surface area contributed by atoms with E-state index in [0.717, 1.165) is 73.8 Å². The maximum atomic E-state index is 12.4. The minimum absolute atomic E-state index is 0.242. The van der Waals surface area contributed by atoms with E-state index in [-0.39, 0.29) is 18.2 Å². The van der Waals surface area contributed by atoms with Crippen LogP contribution in [0.3, 0.4) is 0 Å². The van der Waals surface area contributed by atoms with Crippen LogP contribution in [0.25, 0.3) is 22.4 Å². The van der Waals surface area contributed by atoms with Crippen LogP contribution in [0.4, 0.5) is 27.8 Å². The topological polar surface area (TPSA) is 113 Å². The first-order valence-corrected chi connectivity index (χ1v) is 14.2. The van der Waals surface area contributed by atoms with Crippen molar-refractivity contribution in [3.63, 3.8) is 0 Å². The number of amides is 2. The third-order valence-corrected chi connectivity index (χ3v) is 7.92. The molecule has 206 valence electrons. The lowest BCUT2D eigenvalue weighted by molar-refractivity contribution is 0.0303. The largest absolute Gasteiger partial charge is 0.371 e. The number of urea groups is 1. The zero-order valence-corrected chi connectivity index (χ0v) is 22.6. The molecular weight excluding hydrogens is 506 g/mol. The number of carbonyl (C=O) groups is 1. The number of aromatic nitrogens is 5. The first-order valence-electron chi connectivity index (χ1n) is 14.2. The SMILES string of the molecule is CCn1nc(N2CCCC2)c2c(N3CC4CCC(C3)O4)nc(-c3ccc(NC(=O)Nc4cccnc4)cc3)nc21. The Balaban J connectivity index is 1.23. The Bertz CT molecular complexity index is 1500. The van der Waals surface area contributed by atoms with E-state index in [1.54, 1.807) is 24.5 Å². The van der Waals surface area contributed by atoms with Crippen molar-refractivity contribution in [2.24, 2.45) is 0 Å². The number of nitrogens with zero attached hydrogens (tertiary/aromatic N) is 7. The molecule has 3 aliphatic heterocycles. The molecule has 3 fully saturated rings. The number of ether oxygens (including phenoxy) is 1. The molecule has 6 heterocycles. The normalized spacial score (nSPS) is 20.3. The number of morpholine rings is 1. The number of pyridine rings is 1. The number of nitrogens with one attached hydrogen (secondary N) is 2. The van der Waals surface area contributed by atoms with Gasteiger partial charge in [-0.2, -0.15) is 5.10 Å². The van der Waals surface area contributed by atoms with Crippen molar-refractivity contribution in [2.75, 3.05) is 46.6 Å². The first kappa shape index (κ1) is 24.8. The summed E-state index contributed by atoms with van der Waals surface area (Å²) in [6.45, 7) is 6.50. The molecule has 0 spiro atoms. The van der Waals surface area contributed by atoms with Crippen molar-refractivity contribution < 1.29 is 9.53 Å². The van der Waals surface area contributed by atoms with Gasteiger partial charge in [0.1, 0.15) is 11.2 Å². The minimum Gasteiger partial charge on any atom is -0.371 e. The molecule has 0 radical (unpaired) electrons. The van der Waals surface area contributed by atoms with Gasteiger partial charge in [0.15, 0.2) is 17.3 Å². The van der Waals surface area contributed by atoms with Crippen LogP contribution < -0.4 is 20.4 Å². The van der Waals surface area contributed by atoms with Gasteiger partial charge in [0, 0.05) is 50.2 Å². The van der Waals surface area contributed by atoms with Crippen molar-refractivity contribution in [1.29, 1.82) is 0 Å². The van der Waals surface area contributed by atoms with E-state index in [0.29, 0.717) is 17.2 Å². The number of aryl methyl sites for hydroxylation is 1. The molecule has 4 aromatic rings. The molecule has 3 aromatic heterocycles. The molecular formula is C29H33N9O2. The van der Waals surface area contributed by atoms with Gasteiger partial charge in [-0.15, -0.1) is 0 Å². The van der Waals surface area contributed by atoms with Crippen molar-refractivity contribution in [3.8, 4) is 11.4 Å². The third-order valence-electron chi connectivity index (χ3n) is 7.92. The van der Waals surface area contributed by atoms with Gasteiger partial charge < -0.3 is 25.2 Å². The summed E-state index contributed by atoms with van der Waals surface area (Å²) in [5.41, 5.74) is 3.04. The molecule has 2 bridgehead atoms. The predicted octanol–water partition coefficient (Wildman–Crippen LogP) is 4.52. The number of anilines is 4. The summed E-state index contributed by atoms with van der Waals surface area (Å²) in [5, 5.41) is 11.7. The molecule has 0 aliphatic carbocycles. The number of rotatable bonds is 6. The minimum atomic E-state index is -0.330. The summed E-state index contributed by atoms with van der Waals surface area (Å²) in [6.07, 6.45) is 8.30. The van der Waals surface area contributed by atoms with E-state index in [1.165, 1.54) is 12.8 Å². The van der Waals surface area contributed by atoms with E-state index in [2.05, 4.69) is 32.3 Å². The van der Waals surface area contributed by atoms with Crippen LogP contribution in [0.15, 0.2) is 48.8 Å². The molecule has 2 amide bonds. The van der Waals surface area contributed by atoms with E-state index in [4.69, 9.17) is 19.8 Å².